The number of nitrogens with zero attached hydrogens (tertiary/aromatic N) is 1. The van der Waals surface area contributed by atoms with Gasteiger partial charge in [-0.2, -0.15) is 4.31 Å². The summed E-state index contributed by atoms with van der Waals surface area (Å²) in [4.78, 5) is 12.9. The first kappa shape index (κ1) is 18.1. The molecular formula is C19H20ClNO3S. The van der Waals surface area contributed by atoms with E-state index in [9.17, 15) is 13.2 Å². The van der Waals surface area contributed by atoms with Gasteiger partial charge in [-0.05, 0) is 61.7 Å². The number of halogens is 1. The lowest BCUT2D eigenvalue weighted by atomic mass is 9.90. The highest BCUT2D eigenvalue weighted by Crippen LogP contribution is 2.27. The van der Waals surface area contributed by atoms with E-state index in [1.54, 1.807) is 42.5 Å². The summed E-state index contributed by atoms with van der Waals surface area (Å²) in [6.45, 7) is 2.59. The molecule has 0 radical (unpaired) electrons. The first-order valence-corrected chi connectivity index (χ1v) is 10.1. The van der Waals surface area contributed by atoms with Gasteiger partial charge < -0.3 is 0 Å². The molecule has 0 aliphatic carbocycles. The highest BCUT2D eigenvalue weighted by atomic mass is 35.5. The minimum absolute atomic E-state index is 0.0595. The lowest BCUT2D eigenvalue weighted by molar-refractivity contribution is 0.0875. The predicted molar refractivity (Wildman–Crippen MR) is 98.4 cm³/mol. The zero-order valence-electron chi connectivity index (χ0n) is 14.0. The molecule has 25 heavy (non-hydrogen) atoms. The molecule has 0 bridgehead atoms. The van der Waals surface area contributed by atoms with Crippen molar-refractivity contribution in [2.45, 2.75) is 24.7 Å². The van der Waals surface area contributed by atoms with E-state index in [0.29, 0.717) is 41.4 Å². The van der Waals surface area contributed by atoms with Crippen LogP contribution in [-0.4, -0.2) is 31.6 Å². The van der Waals surface area contributed by atoms with Crippen LogP contribution in [0.5, 0.6) is 0 Å². The first-order chi connectivity index (χ1) is 11.9. The number of piperidine rings is 1. The number of carbonyl (C=O) groups is 1. The Kier molecular flexibility index (Phi) is 5.27. The molecule has 0 unspecified atom stereocenters. The van der Waals surface area contributed by atoms with Crippen LogP contribution in [0.1, 0.15) is 28.8 Å². The van der Waals surface area contributed by atoms with E-state index < -0.39 is 10.0 Å². The number of rotatable bonds is 4. The minimum Gasteiger partial charge on any atom is -0.294 e. The van der Waals surface area contributed by atoms with Crippen molar-refractivity contribution in [3.63, 3.8) is 0 Å². The van der Waals surface area contributed by atoms with Gasteiger partial charge in [0, 0.05) is 29.6 Å². The maximum atomic E-state index is 12.7. The molecule has 1 saturated heterocycles. The highest BCUT2D eigenvalue weighted by Gasteiger charge is 2.32. The van der Waals surface area contributed by atoms with Crippen LogP contribution in [0.3, 0.4) is 0 Å². The van der Waals surface area contributed by atoms with Crippen molar-refractivity contribution in [3.05, 3.63) is 64.7 Å². The Labute approximate surface area is 153 Å². The smallest absolute Gasteiger partial charge is 0.243 e. The Morgan fingerprint density at radius 2 is 1.72 bits per heavy atom. The van der Waals surface area contributed by atoms with Crippen molar-refractivity contribution in [2.24, 2.45) is 5.92 Å². The van der Waals surface area contributed by atoms with Crippen molar-refractivity contribution >= 4 is 27.4 Å². The van der Waals surface area contributed by atoms with Gasteiger partial charge in [0.1, 0.15) is 0 Å². The van der Waals surface area contributed by atoms with Gasteiger partial charge in [0.2, 0.25) is 10.0 Å². The maximum Gasteiger partial charge on any atom is 0.243 e. The molecule has 0 N–H and O–H groups in total. The predicted octanol–water partition coefficient (Wildman–Crippen LogP) is 3.93. The van der Waals surface area contributed by atoms with Gasteiger partial charge in [-0.15, -0.1) is 0 Å². The van der Waals surface area contributed by atoms with Crippen LogP contribution in [0, 0.1) is 12.8 Å². The van der Waals surface area contributed by atoms with Gasteiger partial charge in [-0.25, -0.2) is 8.42 Å². The molecule has 1 aliphatic rings. The summed E-state index contributed by atoms with van der Waals surface area (Å²) in [5, 5.41) is 0.593. The average Bonchev–Trinajstić information content (AvgIpc) is 2.62. The molecule has 0 amide bonds. The monoisotopic (exact) mass is 377 g/mol. The second kappa shape index (κ2) is 7.28. The molecule has 6 heteroatoms. The highest BCUT2D eigenvalue weighted by molar-refractivity contribution is 7.89. The Hall–Kier alpha value is -1.69. The van der Waals surface area contributed by atoms with Gasteiger partial charge in [-0.3, -0.25) is 4.79 Å². The van der Waals surface area contributed by atoms with Crippen LogP contribution < -0.4 is 0 Å². The van der Waals surface area contributed by atoms with Crippen molar-refractivity contribution in [1.82, 2.24) is 4.31 Å². The van der Waals surface area contributed by atoms with E-state index >= 15 is 0 Å². The number of hydrogen-bond acceptors (Lipinski definition) is 3. The minimum atomic E-state index is -3.50. The fourth-order valence-electron chi connectivity index (χ4n) is 3.13. The number of carbonyl (C=O) groups excluding carboxylic acids is 1. The summed E-state index contributed by atoms with van der Waals surface area (Å²) < 4.78 is 27.0. The molecule has 0 atom stereocenters. The molecular weight excluding hydrogens is 358 g/mol. The number of ketones is 1. The average molecular weight is 378 g/mol. The zero-order valence-corrected chi connectivity index (χ0v) is 15.6. The van der Waals surface area contributed by atoms with Crippen molar-refractivity contribution in [2.75, 3.05) is 13.1 Å². The number of Topliss-reactive ketones (excluding diaryl/α,β-unsaturated/α-hetero) is 1. The van der Waals surface area contributed by atoms with Gasteiger partial charge in [0.05, 0.1) is 4.90 Å². The third-order valence-electron chi connectivity index (χ3n) is 4.58. The summed E-state index contributed by atoms with van der Waals surface area (Å²) in [5.41, 5.74) is 1.54. The van der Waals surface area contributed by atoms with Crippen LogP contribution >= 0.6 is 11.6 Å². The van der Waals surface area contributed by atoms with E-state index in [2.05, 4.69) is 0 Å². The molecule has 1 fully saturated rings. The molecule has 3 rings (SSSR count). The topological polar surface area (TPSA) is 54.5 Å². The standard InChI is InChI=1S/C19H20ClNO3S/c1-14-3-2-4-18(13-14)25(23,24)21-11-9-16(10-12-21)19(22)15-5-7-17(20)8-6-15/h2-8,13,16H,9-12H2,1H3. The van der Waals surface area contributed by atoms with Crippen LogP contribution in [0.4, 0.5) is 0 Å². The first-order valence-electron chi connectivity index (χ1n) is 8.24. The molecule has 132 valence electrons. The number of sulfonamides is 1. The van der Waals surface area contributed by atoms with Crippen molar-refractivity contribution < 1.29 is 13.2 Å². The SMILES string of the molecule is Cc1cccc(S(=O)(=O)N2CCC(C(=O)c3ccc(Cl)cc3)CC2)c1. The van der Waals surface area contributed by atoms with E-state index in [-0.39, 0.29) is 11.7 Å². The fraction of sp³-hybridized carbons (Fsp3) is 0.316. The van der Waals surface area contributed by atoms with E-state index in [1.807, 2.05) is 13.0 Å². The van der Waals surface area contributed by atoms with Gasteiger partial charge in [0.15, 0.2) is 5.78 Å². The fourth-order valence-corrected chi connectivity index (χ4v) is 4.83. The largest absolute Gasteiger partial charge is 0.294 e. The maximum absolute atomic E-state index is 12.7. The van der Waals surface area contributed by atoms with Crippen LogP contribution in [0.25, 0.3) is 0 Å². The van der Waals surface area contributed by atoms with E-state index in [0.717, 1.165) is 5.56 Å². The quantitative estimate of drug-likeness (QED) is 0.758. The molecule has 2 aromatic rings. The summed E-state index contributed by atoms with van der Waals surface area (Å²) in [5.74, 6) is -0.0885. The van der Waals surface area contributed by atoms with Crippen molar-refractivity contribution in [1.29, 1.82) is 0 Å². The number of hydrogen-bond donors (Lipinski definition) is 0. The normalized spacial score (nSPS) is 16.7. The Morgan fingerprint density at radius 3 is 2.32 bits per heavy atom. The summed E-state index contributed by atoms with van der Waals surface area (Å²) >= 11 is 5.86. The zero-order chi connectivity index (χ0) is 18.0. The summed E-state index contributed by atoms with van der Waals surface area (Å²) in [6.07, 6.45) is 1.07. The summed E-state index contributed by atoms with van der Waals surface area (Å²) in [6, 6.07) is 13.8. The molecule has 1 heterocycles. The molecule has 0 spiro atoms. The number of benzene rings is 2. The van der Waals surface area contributed by atoms with E-state index in [1.165, 1.54) is 4.31 Å². The Balaban J connectivity index is 1.69. The van der Waals surface area contributed by atoms with Crippen molar-refractivity contribution in [3.8, 4) is 0 Å². The van der Waals surface area contributed by atoms with Gasteiger partial charge in [-0.1, -0.05) is 23.7 Å². The molecule has 1 aliphatic heterocycles. The Bertz CT molecular complexity index is 870. The molecule has 2 aromatic carbocycles. The second-order valence-corrected chi connectivity index (χ2v) is 8.74. The van der Waals surface area contributed by atoms with E-state index in [4.69, 9.17) is 11.6 Å². The van der Waals surface area contributed by atoms with Gasteiger partial charge >= 0.3 is 0 Å². The van der Waals surface area contributed by atoms with Crippen LogP contribution in [-0.2, 0) is 10.0 Å². The molecule has 0 saturated carbocycles. The third-order valence-corrected chi connectivity index (χ3v) is 6.73. The Morgan fingerprint density at radius 1 is 1.08 bits per heavy atom. The lowest BCUT2D eigenvalue weighted by Crippen LogP contribution is -2.40. The molecule has 4 nitrogen and oxygen atoms in total. The van der Waals surface area contributed by atoms with Crippen LogP contribution in [0.15, 0.2) is 53.4 Å². The summed E-state index contributed by atoms with van der Waals surface area (Å²) in [7, 11) is -3.50. The lowest BCUT2D eigenvalue weighted by Gasteiger charge is -2.30. The van der Waals surface area contributed by atoms with Crippen LogP contribution in [0.2, 0.25) is 5.02 Å². The van der Waals surface area contributed by atoms with Gasteiger partial charge in [0.25, 0.3) is 0 Å². The third kappa shape index (κ3) is 3.94. The molecule has 0 aromatic heterocycles. The number of aryl methyl sites for hydroxylation is 1. The second-order valence-electron chi connectivity index (χ2n) is 6.37.